The molecule has 0 bridgehead atoms. The fraction of sp³-hybridized carbons (Fsp3) is 0.750. The zero-order chi connectivity index (χ0) is 57.4. The SMILES string of the molecule is CCCCCC/C=C\CCCOc1ccc(C(=O)NC2[C@H](O[C@H]3C(O)C(NC(C)=O)[C@H](O[C@@H]4C(CO)O[C@@H](O[C@H]5C(O)C(NC(C)=O)[C@H](O)O[C@H]5COS(=O)(=O)[O-])C(NC(C)=O)[C@H]4O)O[C@H]3CO)OC(CO)[C@@H](O)[C@@H]2O)cc1. The average molecular weight is 1140 g/mol. The van der Waals surface area contributed by atoms with Gasteiger partial charge in [-0.15, -0.1) is 0 Å². The minimum Gasteiger partial charge on any atom is -0.726 e. The number of carbonyl (C=O) groups excluding carboxylic acids is 4. The van der Waals surface area contributed by atoms with E-state index < -0.39 is 183 Å². The predicted molar refractivity (Wildman–Crippen MR) is 262 cm³/mol. The van der Waals surface area contributed by atoms with E-state index in [-0.39, 0.29) is 5.56 Å². The topological polar surface area (TPSA) is 439 Å². The number of allylic oxidation sites excluding steroid dienone is 2. The number of rotatable bonds is 27. The number of ether oxygens (including phenoxy) is 8. The number of hydrogen-bond donors (Lipinski definition) is 13. The molecule has 13 N–H and O–H groups in total. The van der Waals surface area contributed by atoms with E-state index in [9.17, 15) is 78.1 Å². The zero-order valence-electron chi connectivity index (χ0n) is 43.5. The Morgan fingerprint density at radius 3 is 1.50 bits per heavy atom. The molecule has 0 spiro atoms. The van der Waals surface area contributed by atoms with Crippen LogP contribution >= 0.6 is 0 Å². The van der Waals surface area contributed by atoms with E-state index in [1.807, 2.05) is 0 Å². The summed E-state index contributed by atoms with van der Waals surface area (Å²) in [6.07, 6.45) is -18.0. The van der Waals surface area contributed by atoms with Gasteiger partial charge in [-0.3, -0.25) is 23.4 Å². The molecule has 78 heavy (non-hydrogen) atoms. The van der Waals surface area contributed by atoms with Gasteiger partial charge in [0.1, 0.15) is 103 Å². The summed E-state index contributed by atoms with van der Waals surface area (Å²) < 4.78 is 85.5. The van der Waals surface area contributed by atoms with Crippen LogP contribution in [-0.4, -0.2) is 238 Å². The van der Waals surface area contributed by atoms with Gasteiger partial charge in [-0.1, -0.05) is 38.3 Å². The van der Waals surface area contributed by atoms with E-state index in [2.05, 4.69) is 44.5 Å². The quantitative estimate of drug-likeness (QED) is 0.0170. The molecule has 0 saturated carbocycles. The smallest absolute Gasteiger partial charge is 0.251 e. The second kappa shape index (κ2) is 30.6. The standard InChI is InChI=1S/C48H76N4O25S/c1-5-6-7-8-9-10-11-12-13-18-69-27-16-14-26(15-17-27)44(64)52-33-37(60)36(59)28(19-53)72-46(33)75-41-29(20-54)73-47(34(39(41)62)50-24(3)57)76-42-30(21-55)74-48(35(40(42)63)51-25(4)58)77-43-31(22-70-78(66,67)68)71-45(65)32(38(43)61)49-23(2)56/h10-11,14-17,28-43,45-48,53-55,59-63,65H,5-9,12-13,18-22H2,1-4H3,(H,49,56)(H,50,57)(H,51,58)(H,52,64)(H,66,67,68)/p-1/b11-10-/t28?,29-,30?,31-,32?,33?,34?,35?,36+,37+,38?,39?,40+,41+,42+,43+,45+,46-,47-,48-/m0/s1. The van der Waals surface area contributed by atoms with Gasteiger partial charge in [0, 0.05) is 26.3 Å². The highest BCUT2D eigenvalue weighted by Gasteiger charge is 2.56. The van der Waals surface area contributed by atoms with Crippen molar-refractivity contribution in [1.82, 2.24) is 21.3 Å². The number of aliphatic hydroxyl groups is 9. The lowest BCUT2D eigenvalue weighted by atomic mass is 9.93. The summed E-state index contributed by atoms with van der Waals surface area (Å²) in [7, 11) is -5.41. The number of carbonyl (C=O) groups is 4. The molecule has 444 valence electrons. The van der Waals surface area contributed by atoms with Crippen molar-refractivity contribution in [3.05, 3.63) is 42.0 Å². The first-order valence-electron chi connectivity index (χ1n) is 25.6. The predicted octanol–water partition coefficient (Wildman–Crippen LogP) is -4.71. The highest BCUT2D eigenvalue weighted by Crippen LogP contribution is 2.35. The van der Waals surface area contributed by atoms with Crippen LogP contribution in [0.1, 0.15) is 83.0 Å². The summed E-state index contributed by atoms with van der Waals surface area (Å²) in [5.41, 5.74) is 0.0787. The molecule has 1 aromatic carbocycles. The van der Waals surface area contributed by atoms with Crippen LogP contribution in [0.4, 0.5) is 0 Å². The summed E-state index contributed by atoms with van der Waals surface area (Å²) in [6, 6.07) is -0.782. The van der Waals surface area contributed by atoms with Crippen LogP contribution < -0.4 is 26.0 Å². The third-order valence-corrected chi connectivity index (χ3v) is 13.7. The molecule has 29 nitrogen and oxygen atoms in total. The Kier molecular flexibility index (Phi) is 25.4. The van der Waals surface area contributed by atoms with Crippen LogP contribution in [0.2, 0.25) is 0 Å². The van der Waals surface area contributed by atoms with Crippen molar-refractivity contribution in [3.8, 4) is 5.75 Å². The molecule has 4 aliphatic heterocycles. The zero-order valence-corrected chi connectivity index (χ0v) is 44.3. The summed E-state index contributed by atoms with van der Waals surface area (Å²) in [5.74, 6) is -2.74. The maximum Gasteiger partial charge on any atom is 0.251 e. The maximum atomic E-state index is 13.7. The fourth-order valence-electron chi connectivity index (χ4n) is 9.33. The summed E-state index contributed by atoms with van der Waals surface area (Å²) in [5, 5.41) is 109. The van der Waals surface area contributed by atoms with E-state index in [0.29, 0.717) is 12.4 Å². The van der Waals surface area contributed by atoms with Gasteiger partial charge in [0.05, 0.1) is 33.0 Å². The second-order valence-corrected chi connectivity index (χ2v) is 20.3. The Morgan fingerprint density at radius 1 is 0.577 bits per heavy atom. The van der Waals surface area contributed by atoms with Crippen molar-refractivity contribution in [2.24, 2.45) is 0 Å². The summed E-state index contributed by atoms with van der Waals surface area (Å²) >= 11 is 0. The molecular formula is C48H75N4O25S-. The van der Waals surface area contributed by atoms with Crippen LogP contribution in [0, 0.1) is 0 Å². The fourth-order valence-corrected chi connectivity index (χ4v) is 9.63. The molecular weight excluding hydrogens is 1060 g/mol. The Morgan fingerprint density at radius 2 is 1.03 bits per heavy atom. The van der Waals surface area contributed by atoms with Crippen molar-refractivity contribution >= 4 is 34.0 Å². The van der Waals surface area contributed by atoms with Crippen LogP contribution in [0.3, 0.4) is 0 Å². The lowest BCUT2D eigenvalue weighted by Crippen LogP contribution is -2.71. The van der Waals surface area contributed by atoms with E-state index in [1.54, 1.807) is 12.1 Å². The lowest BCUT2D eigenvalue weighted by molar-refractivity contribution is -0.361. The molecule has 4 saturated heterocycles. The number of unbranched alkanes of at least 4 members (excludes halogenated alkanes) is 5. The third kappa shape index (κ3) is 17.9. The van der Waals surface area contributed by atoms with Gasteiger partial charge in [-0.2, -0.15) is 0 Å². The number of aliphatic hydroxyl groups excluding tert-OH is 9. The molecule has 5 rings (SSSR count). The highest BCUT2D eigenvalue weighted by molar-refractivity contribution is 7.80. The van der Waals surface area contributed by atoms with Gasteiger partial charge >= 0.3 is 0 Å². The van der Waals surface area contributed by atoms with Crippen molar-refractivity contribution in [2.75, 3.05) is 33.0 Å². The number of hydrogen-bond acceptors (Lipinski definition) is 25. The molecule has 20 atom stereocenters. The number of benzene rings is 1. The minimum absolute atomic E-state index is 0.0787. The first-order valence-corrected chi connectivity index (χ1v) is 26.9. The van der Waals surface area contributed by atoms with Crippen LogP contribution in [0.5, 0.6) is 5.75 Å². The Balaban J connectivity index is 1.33. The third-order valence-electron chi connectivity index (χ3n) is 13.2. The molecule has 8 unspecified atom stereocenters. The molecule has 0 aliphatic carbocycles. The van der Waals surface area contributed by atoms with Crippen molar-refractivity contribution in [3.63, 3.8) is 0 Å². The maximum absolute atomic E-state index is 13.7. The lowest BCUT2D eigenvalue weighted by Gasteiger charge is -2.51. The van der Waals surface area contributed by atoms with Gasteiger partial charge in [-0.05, 0) is 49.9 Å². The molecule has 4 amide bonds. The highest BCUT2D eigenvalue weighted by atomic mass is 32.3. The van der Waals surface area contributed by atoms with Gasteiger partial charge in [0.2, 0.25) is 28.1 Å². The van der Waals surface area contributed by atoms with E-state index in [1.165, 1.54) is 31.4 Å². The Bertz CT molecular complexity index is 2200. The number of amides is 4. The van der Waals surface area contributed by atoms with Gasteiger partial charge in [0.15, 0.2) is 25.2 Å². The normalized spacial score (nSPS) is 35.4. The van der Waals surface area contributed by atoms with E-state index in [4.69, 9.17) is 37.9 Å². The Labute approximate surface area is 450 Å². The molecule has 4 heterocycles. The van der Waals surface area contributed by atoms with Crippen molar-refractivity contribution in [2.45, 2.75) is 195 Å². The molecule has 0 aromatic heterocycles. The van der Waals surface area contributed by atoms with E-state index in [0.717, 1.165) is 46.5 Å². The van der Waals surface area contributed by atoms with Gasteiger partial charge in [0.25, 0.3) is 5.91 Å². The molecule has 4 aliphatic rings. The Hall–Kier alpha value is -4.13. The summed E-state index contributed by atoms with van der Waals surface area (Å²) in [6.45, 7) is 1.58. The van der Waals surface area contributed by atoms with Gasteiger partial charge < -0.3 is 110 Å². The second-order valence-electron chi connectivity index (χ2n) is 19.2. The average Bonchev–Trinajstić information content (AvgIpc) is 3.43. The van der Waals surface area contributed by atoms with E-state index >= 15 is 0 Å². The van der Waals surface area contributed by atoms with Crippen LogP contribution in [0.15, 0.2) is 36.4 Å². The van der Waals surface area contributed by atoms with Crippen molar-refractivity contribution < 1.29 is 120 Å². The van der Waals surface area contributed by atoms with Gasteiger partial charge in [-0.25, -0.2) is 8.42 Å². The van der Waals surface area contributed by atoms with Crippen LogP contribution in [-0.2, 0) is 62.1 Å². The summed E-state index contributed by atoms with van der Waals surface area (Å²) in [4.78, 5) is 50.9. The molecule has 0 radical (unpaired) electrons. The first-order chi connectivity index (χ1) is 37.0. The monoisotopic (exact) mass is 1140 g/mol. The molecule has 30 heteroatoms. The number of nitrogens with one attached hydrogen (secondary N) is 4. The van der Waals surface area contributed by atoms with Crippen LogP contribution in [0.25, 0.3) is 0 Å². The molecule has 1 aromatic rings. The first kappa shape index (κ1) is 64.7. The minimum atomic E-state index is -5.41. The molecule has 4 fully saturated rings. The van der Waals surface area contributed by atoms with Crippen molar-refractivity contribution in [1.29, 1.82) is 0 Å². The largest absolute Gasteiger partial charge is 0.726 e.